The number of ether oxygens (including phenoxy) is 1. The SMILES string of the molecule is CC(C)N1CCC(Oc2ccc(C(=O)Nc3ccc(CC(=O)Nc4cc(C(C)(C)C)on4)cc3)nc2)CC1. The molecular formula is C29H37N5O4. The highest BCUT2D eigenvalue weighted by atomic mass is 16.5. The van der Waals surface area contributed by atoms with Crippen LogP contribution in [0.25, 0.3) is 0 Å². The van der Waals surface area contributed by atoms with E-state index in [1.807, 2.05) is 20.8 Å². The van der Waals surface area contributed by atoms with Gasteiger partial charge in [-0.3, -0.25) is 9.59 Å². The molecule has 1 saturated heterocycles. The Kier molecular flexibility index (Phi) is 8.46. The normalized spacial score (nSPS) is 14.9. The predicted molar refractivity (Wildman–Crippen MR) is 147 cm³/mol. The number of piperidine rings is 1. The van der Waals surface area contributed by atoms with Crippen LogP contribution in [0, 0.1) is 0 Å². The molecule has 9 heteroatoms. The number of anilines is 2. The average Bonchev–Trinajstić information content (AvgIpc) is 3.35. The van der Waals surface area contributed by atoms with Crippen molar-refractivity contribution in [3.8, 4) is 5.75 Å². The van der Waals surface area contributed by atoms with Crippen molar-refractivity contribution in [1.29, 1.82) is 0 Å². The molecule has 0 aliphatic carbocycles. The molecular weight excluding hydrogens is 482 g/mol. The van der Waals surface area contributed by atoms with Crippen LogP contribution in [0.2, 0.25) is 0 Å². The molecule has 4 rings (SSSR count). The highest BCUT2D eigenvalue weighted by Gasteiger charge is 2.22. The lowest BCUT2D eigenvalue weighted by Crippen LogP contribution is -2.41. The molecule has 38 heavy (non-hydrogen) atoms. The fourth-order valence-corrected chi connectivity index (χ4v) is 4.25. The fraction of sp³-hybridized carbons (Fsp3) is 0.448. The summed E-state index contributed by atoms with van der Waals surface area (Å²) in [6, 6.07) is 12.9. The van der Waals surface area contributed by atoms with Gasteiger partial charge in [0.05, 0.1) is 12.6 Å². The molecule has 3 heterocycles. The Balaban J connectivity index is 1.24. The number of rotatable bonds is 8. The lowest BCUT2D eigenvalue weighted by atomic mass is 9.93. The van der Waals surface area contributed by atoms with Crippen LogP contribution in [0.5, 0.6) is 5.75 Å². The molecule has 0 atom stereocenters. The minimum atomic E-state index is -0.312. The summed E-state index contributed by atoms with van der Waals surface area (Å²) in [6.07, 6.45) is 3.91. The third-order valence-electron chi connectivity index (χ3n) is 6.57. The van der Waals surface area contributed by atoms with Gasteiger partial charge in [-0.15, -0.1) is 0 Å². The number of nitrogens with zero attached hydrogens (tertiary/aromatic N) is 3. The largest absolute Gasteiger partial charge is 0.489 e. The van der Waals surface area contributed by atoms with Crippen molar-refractivity contribution in [3.63, 3.8) is 0 Å². The van der Waals surface area contributed by atoms with Gasteiger partial charge in [-0.1, -0.05) is 38.1 Å². The first-order valence-corrected chi connectivity index (χ1v) is 13.1. The van der Waals surface area contributed by atoms with Gasteiger partial charge in [0.25, 0.3) is 5.91 Å². The molecule has 0 bridgehead atoms. The predicted octanol–water partition coefficient (Wildman–Crippen LogP) is 5.05. The number of benzene rings is 1. The summed E-state index contributed by atoms with van der Waals surface area (Å²) in [5.41, 5.74) is 1.54. The second-order valence-corrected chi connectivity index (χ2v) is 11.0. The molecule has 0 saturated carbocycles. The quantitative estimate of drug-likeness (QED) is 0.428. The van der Waals surface area contributed by atoms with Gasteiger partial charge in [0.1, 0.15) is 23.3 Å². The van der Waals surface area contributed by atoms with E-state index in [4.69, 9.17) is 9.26 Å². The van der Waals surface area contributed by atoms with Crippen molar-refractivity contribution >= 4 is 23.3 Å². The molecule has 2 N–H and O–H groups in total. The van der Waals surface area contributed by atoms with Crippen LogP contribution < -0.4 is 15.4 Å². The molecule has 2 amide bonds. The Hall–Kier alpha value is -3.72. The Morgan fingerprint density at radius 3 is 2.37 bits per heavy atom. The average molecular weight is 520 g/mol. The summed E-state index contributed by atoms with van der Waals surface area (Å²) in [5.74, 6) is 1.25. The molecule has 9 nitrogen and oxygen atoms in total. The van der Waals surface area contributed by atoms with Crippen LogP contribution in [0.3, 0.4) is 0 Å². The first kappa shape index (κ1) is 27.3. The second kappa shape index (κ2) is 11.8. The van der Waals surface area contributed by atoms with Crippen molar-refractivity contribution in [1.82, 2.24) is 15.0 Å². The van der Waals surface area contributed by atoms with Gasteiger partial charge in [0, 0.05) is 36.3 Å². The Bertz CT molecular complexity index is 1220. The third kappa shape index (κ3) is 7.41. The first-order chi connectivity index (χ1) is 18.1. The molecule has 1 aromatic carbocycles. The van der Waals surface area contributed by atoms with E-state index in [0.29, 0.717) is 34.8 Å². The zero-order chi connectivity index (χ0) is 27.3. The van der Waals surface area contributed by atoms with Gasteiger partial charge in [0.2, 0.25) is 5.91 Å². The van der Waals surface area contributed by atoms with E-state index in [1.165, 1.54) is 0 Å². The highest BCUT2D eigenvalue weighted by Crippen LogP contribution is 2.24. The number of hydrogen-bond donors (Lipinski definition) is 2. The summed E-state index contributed by atoms with van der Waals surface area (Å²) < 4.78 is 11.4. The molecule has 2 aromatic heterocycles. The Labute approximate surface area is 223 Å². The van der Waals surface area contributed by atoms with E-state index in [0.717, 1.165) is 31.5 Å². The van der Waals surface area contributed by atoms with Gasteiger partial charge < -0.3 is 24.8 Å². The van der Waals surface area contributed by atoms with Crippen molar-refractivity contribution in [2.45, 2.75) is 71.4 Å². The third-order valence-corrected chi connectivity index (χ3v) is 6.57. The minimum Gasteiger partial charge on any atom is -0.489 e. The summed E-state index contributed by atoms with van der Waals surface area (Å²) in [5, 5.41) is 9.51. The molecule has 1 aliphatic heterocycles. The van der Waals surface area contributed by atoms with Crippen LogP contribution in [0.15, 0.2) is 53.2 Å². The molecule has 202 valence electrons. The van der Waals surface area contributed by atoms with Crippen LogP contribution >= 0.6 is 0 Å². The van der Waals surface area contributed by atoms with E-state index < -0.39 is 0 Å². The molecule has 0 unspecified atom stereocenters. The van der Waals surface area contributed by atoms with Crippen molar-refractivity contribution in [3.05, 3.63) is 65.7 Å². The highest BCUT2D eigenvalue weighted by molar-refractivity contribution is 6.02. The summed E-state index contributed by atoms with van der Waals surface area (Å²) in [7, 11) is 0. The second-order valence-electron chi connectivity index (χ2n) is 11.0. The number of nitrogens with one attached hydrogen (secondary N) is 2. The summed E-state index contributed by atoms with van der Waals surface area (Å²) >= 11 is 0. The number of carbonyl (C=O) groups excluding carboxylic acids is 2. The van der Waals surface area contributed by atoms with Crippen LogP contribution in [-0.4, -0.2) is 52.1 Å². The maximum Gasteiger partial charge on any atom is 0.274 e. The topological polar surface area (TPSA) is 110 Å². The number of carbonyl (C=O) groups is 2. The maximum absolute atomic E-state index is 12.7. The van der Waals surface area contributed by atoms with Gasteiger partial charge in [-0.05, 0) is 56.5 Å². The van der Waals surface area contributed by atoms with E-state index >= 15 is 0 Å². The summed E-state index contributed by atoms with van der Waals surface area (Å²) in [6.45, 7) is 12.5. The zero-order valence-electron chi connectivity index (χ0n) is 22.8. The van der Waals surface area contributed by atoms with E-state index in [1.54, 1.807) is 48.7 Å². The molecule has 1 aliphatic rings. The number of aromatic nitrogens is 2. The summed E-state index contributed by atoms with van der Waals surface area (Å²) in [4.78, 5) is 31.8. The van der Waals surface area contributed by atoms with Crippen molar-refractivity contribution in [2.75, 3.05) is 23.7 Å². The van der Waals surface area contributed by atoms with Gasteiger partial charge in [0.15, 0.2) is 5.82 Å². The van der Waals surface area contributed by atoms with Crippen LogP contribution in [-0.2, 0) is 16.6 Å². The van der Waals surface area contributed by atoms with Crippen LogP contribution in [0.1, 0.15) is 69.3 Å². The van der Waals surface area contributed by atoms with E-state index in [9.17, 15) is 9.59 Å². The minimum absolute atomic E-state index is 0.170. The van der Waals surface area contributed by atoms with Gasteiger partial charge >= 0.3 is 0 Å². The lowest BCUT2D eigenvalue weighted by Gasteiger charge is -2.34. The standard InChI is InChI=1S/C29H37N5O4/c1-19(2)34-14-12-22(13-15-34)37-23-10-11-24(30-18-23)28(36)31-21-8-6-20(7-9-21)16-27(35)32-26-17-25(38-33-26)29(3,4)5/h6-11,17-19,22H,12-16H2,1-5H3,(H,31,36)(H,32,33,35). The maximum atomic E-state index is 12.7. The Morgan fingerprint density at radius 2 is 1.79 bits per heavy atom. The van der Waals surface area contributed by atoms with Gasteiger partial charge in [-0.25, -0.2) is 4.98 Å². The van der Waals surface area contributed by atoms with Gasteiger partial charge in [-0.2, -0.15) is 0 Å². The number of pyridine rings is 1. The molecule has 0 spiro atoms. The van der Waals surface area contributed by atoms with E-state index in [-0.39, 0.29) is 29.8 Å². The van der Waals surface area contributed by atoms with Crippen molar-refractivity contribution in [2.24, 2.45) is 0 Å². The zero-order valence-corrected chi connectivity index (χ0v) is 22.8. The number of hydrogen-bond acceptors (Lipinski definition) is 7. The fourth-order valence-electron chi connectivity index (χ4n) is 4.25. The lowest BCUT2D eigenvalue weighted by molar-refractivity contribution is -0.115. The molecule has 3 aromatic rings. The number of amides is 2. The van der Waals surface area contributed by atoms with Crippen LogP contribution in [0.4, 0.5) is 11.5 Å². The van der Waals surface area contributed by atoms with E-state index in [2.05, 4.69) is 39.5 Å². The number of likely N-dealkylation sites (tertiary alicyclic amines) is 1. The molecule has 0 radical (unpaired) electrons. The van der Waals surface area contributed by atoms with Crippen molar-refractivity contribution < 1.29 is 18.8 Å². The smallest absolute Gasteiger partial charge is 0.274 e. The first-order valence-electron chi connectivity index (χ1n) is 13.1. The Morgan fingerprint density at radius 1 is 1.08 bits per heavy atom. The monoisotopic (exact) mass is 519 g/mol. The molecule has 1 fully saturated rings.